The summed E-state index contributed by atoms with van der Waals surface area (Å²) in [6, 6.07) is 14.0. The largest absolute Gasteiger partial charge is 0.321 e. The van der Waals surface area contributed by atoms with Crippen LogP contribution in [0.4, 0.5) is 11.4 Å². The van der Waals surface area contributed by atoms with Crippen LogP contribution in [-0.2, 0) is 16.0 Å². The molecule has 0 bridgehead atoms. The van der Waals surface area contributed by atoms with Crippen LogP contribution in [0.5, 0.6) is 0 Å². The summed E-state index contributed by atoms with van der Waals surface area (Å²) in [6.07, 6.45) is 0.955. The Bertz CT molecular complexity index is 889. The number of hydrogen-bond donors (Lipinski definition) is 4. The SMILES string of the molecule is CCc1cccc(NC(=O)C[NH+]2CC[NH+](CC(=O)Nc3cccc(C)c3C)CC2)c1. The number of quaternary nitrogens is 2. The molecule has 6 nitrogen and oxygen atoms in total. The first-order chi connectivity index (χ1) is 14.4. The predicted molar refractivity (Wildman–Crippen MR) is 120 cm³/mol. The van der Waals surface area contributed by atoms with E-state index in [0.717, 1.165) is 49.5 Å². The van der Waals surface area contributed by atoms with Gasteiger partial charge in [-0.25, -0.2) is 0 Å². The standard InChI is InChI=1S/C24H32N4O2/c1-4-20-8-6-9-21(15-20)25-23(29)16-27-11-13-28(14-12-27)17-24(30)26-22-10-5-7-18(2)19(22)3/h5-10,15H,4,11-14,16-17H2,1-3H3,(H,25,29)(H,26,30)/p+2. The van der Waals surface area contributed by atoms with Crippen molar-refractivity contribution >= 4 is 23.2 Å². The molecule has 0 aliphatic carbocycles. The number of piperazine rings is 1. The second kappa shape index (κ2) is 10.4. The zero-order valence-corrected chi connectivity index (χ0v) is 18.3. The first-order valence-corrected chi connectivity index (χ1v) is 10.9. The molecule has 1 aliphatic heterocycles. The number of hydrogen-bond acceptors (Lipinski definition) is 2. The fourth-order valence-electron chi connectivity index (χ4n) is 3.92. The minimum Gasteiger partial charge on any atom is -0.321 e. The first kappa shape index (κ1) is 22.0. The van der Waals surface area contributed by atoms with Crippen molar-refractivity contribution in [2.45, 2.75) is 27.2 Å². The Morgan fingerprint density at radius 2 is 1.47 bits per heavy atom. The van der Waals surface area contributed by atoms with Crippen molar-refractivity contribution in [2.24, 2.45) is 0 Å². The first-order valence-electron chi connectivity index (χ1n) is 10.9. The van der Waals surface area contributed by atoms with Crippen LogP contribution in [0.15, 0.2) is 42.5 Å². The summed E-state index contributed by atoms with van der Waals surface area (Å²) in [5.74, 6) is 0.102. The fraction of sp³-hybridized carbons (Fsp3) is 0.417. The smallest absolute Gasteiger partial charge is 0.279 e. The van der Waals surface area contributed by atoms with Crippen LogP contribution in [0.1, 0.15) is 23.6 Å². The Morgan fingerprint density at radius 3 is 2.10 bits per heavy atom. The third-order valence-electron chi connectivity index (χ3n) is 5.98. The van der Waals surface area contributed by atoms with E-state index >= 15 is 0 Å². The molecule has 3 rings (SSSR count). The minimum absolute atomic E-state index is 0.0503. The predicted octanol–water partition coefficient (Wildman–Crippen LogP) is 0.226. The molecule has 1 saturated heterocycles. The van der Waals surface area contributed by atoms with Crippen LogP contribution in [0.25, 0.3) is 0 Å². The van der Waals surface area contributed by atoms with E-state index in [4.69, 9.17) is 0 Å². The maximum absolute atomic E-state index is 12.5. The summed E-state index contributed by atoms with van der Waals surface area (Å²) in [7, 11) is 0. The molecule has 1 fully saturated rings. The molecule has 30 heavy (non-hydrogen) atoms. The van der Waals surface area contributed by atoms with Crippen molar-refractivity contribution in [3.05, 3.63) is 59.2 Å². The van der Waals surface area contributed by atoms with Gasteiger partial charge in [0.05, 0.1) is 0 Å². The number of carbonyl (C=O) groups excluding carboxylic acids is 2. The van der Waals surface area contributed by atoms with Gasteiger partial charge in [0.15, 0.2) is 13.1 Å². The Kier molecular flexibility index (Phi) is 7.60. The topological polar surface area (TPSA) is 67.1 Å². The molecule has 0 atom stereocenters. The van der Waals surface area contributed by atoms with Gasteiger partial charge in [0.25, 0.3) is 11.8 Å². The Hall–Kier alpha value is -2.70. The third kappa shape index (κ3) is 6.15. The summed E-state index contributed by atoms with van der Waals surface area (Å²) in [4.78, 5) is 27.4. The second-order valence-corrected chi connectivity index (χ2v) is 8.25. The highest BCUT2D eigenvalue weighted by Crippen LogP contribution is 2.17. The van der Waals surface area contributed by atoms with E-state index in [1.54, 1.807) is 0 Å². The summed E-state index contributed by atoms with van der Waals surface area (Å²) in [5, 5.41) is 6.06. The molecule has 0 radical (unpaired) electrons. The summed E-state index contributed by atoms with van der Waals surface area (Å²) in [6.45, 7) is 10.7. The molecule has 2 aromatic carbocycles. The van der Waals surface area contributed by atoms with E-state index < -0.39 is 0 Å². The number of benzene rings is 2. The van der Waals surface area contributed by atoms with Crippen molar-refractivity contribution in [3.63, 3.8) is 0 Å². The highest BCUT2D eigenvalue weighted by molar-refractivity contribution is 5.92. The van der Waals surface area contributed by atoms with Crippen LogP contribution in [-0.4, -0.2) is 51.1 Å². The minimum atomic E-state index is 0.0503. The van der Waals surface area contributed by atoms with Crippen molar-refractivity contribution in [3.8, 4) is 0 Å². The molecule has 6 heteroatoms. The number of anilines is 2. The molecule has 2 amide bonds. The van der Waals surface area contributed by atoms with Crippen molar-refractivity contribution in [2.75, 3.05) is 49.9 Å². The maximum Gasteiger partial charge on any atom is 0.279 e. The molecular formula is C24H34N4O2+2. The van der Waals surface area contributed by atoms with Crippen molar-refractivity contribution in [1.29, 1.82) is 0 Å². The molecule has 0 spiro atoms. The lowest BCUT2D eigenvalue weighted by molar-refractivity contribution is -1.00. The molecule has 2 aromatic rings. The monoisotopic (exact) mass is 410 g/mol. The van der Waals surface area contributed by atoms with E-state index in [1.807, 2.05) is 37.3 Å². The Morgan fingerprint density at radius 1 is 0.867 bits per heavy atom. The Labute approximate surface area is 179 Å². The summed E-state index contributed by atoms with van der Waals surface area (Å²) >= 11 is 0. The van der Waals surface area contributed by atoms with E-state index in [2.05, 4.69) is 36.6 Å². The summed E-state index contributed by atoms with van der Waals surface area (Å²) in [5.41, 5.74) is 5.28. The zero-order valence-electron chi connectivity index (χ0n) is 18.3. The molecule has 160 valence electrons. The van der Waals surface area contributed by atoms with Gasteiger partial charge in [-0.3, -0.25) is 9.59 Å². The number of nitrogens with one attached hydrogen (secondary N) is 4. The lowest BCUT2D eigenvalue weighted by Gasteiger charge is -2.29. The molecule has 0 saturated carbocycles. The number of aryl methyl sites for hydroxylation is 2. The van der Waals surface area contributed by atoms with E-state index in [9.17, 15) is 9.59 Å². The maximum atomic E-state index is 12.5. The van der Waals surface area contributed by atoms with Gasteiger partial charge in [-0.15, -0.1) is 0 Å². The molecule has 0 unspecified atom stereocenters. The van der Waals surface area contributed by atoms with Gasteiger partial charge in [-0.05, 0) is 55.2 Å². The average molecular weight is 411 g/mol. The molecule has 4 N–H and O–H groups in total. The van der Waals surface area contributed by atoms with Crippen LogP contribution < -0.4 is 20.4 Å². The van der Waals surface area contributed by atoms with Crippen LogP contribution in [0.2, 0.25) is 0 Å². The molecule has 1 heterocycles. The van der Waals surface area contributed by atoms with Gasteiger partial charge in [-0.2, -0.15) is 0 Å². The van der Waals surface area contributed by atoms with Gasteiger partial charge in [0, 0.05) is 11.4 Å². The van der Waals surface area contributed by atoms with Gasteiger partial charge in [0.2, 0.25) is 0 Å². The normalized spacial score (nSPS) is 18.6. The lowest BCUT2D eigenvalue weighted by Crippen LogP contribution is -3.28. The quantitative estimate of drug-likeness (QED) is 0.528. The number of rotatable bonds is 7. The fourth-order valence-corrected chi connectivity index (χ4v) is 3.92. The number of carbonyl (C=O) groups is 2. The Balaban J connectivity index is 1.41. The number of amides is 2. The lowest BCUT2D eigenvalue weighted by atomic mass is 10.1. The van der Waals surface area contributed by atoms with Crippen LogP contribution in [0, 0.1) is 13.8 Å². The highest BCUT2D eigenvalue weighted by Gasteiger charge is 2.26. The van der Waals surface area contributed by atoms with Crippen LogP contribution >= 0.6 is 0 Å². The van der Waals surface area contributed by atoms with E-state index in [-0.39, 0.29) is 11.8 Å². The van der Waals surface area contributed by atoms with E-state index in [0.29, 0.717) is 13.1 Å². The second-order valence-electron chi connectivity index (χ2n) is 8.25. The van der Waals surface area contributed by atoms with Gasteiger partial charge in [0.1, 0.15) is 26.2 Å². The highest BCUT2D eigenvalue weighted by atomic mass is 16.2. The molecule has 0 aromatic heterocycles. The average Bonchev–Trinajstić information content (AvgIpc) is 2.73. The third-order valence-corrected chi connectivity index (χ3v) is 5.98. The van der Waals surface area contributed by atoms with E-state index in [1.165, 1.54) is 20.9 Å². The van der Waals surface area contributed by atoms with Crippen LogP contribution in [0.3, 0.4) is 0 Å². The molecular weight excluding hydrogens is 376 g/mol. The summed E-state index contributed by atoms with van der Waals surface area (Å²) < 4.78 is 0. The van der Waals surface area contributed by atoms with Crippen molar-refractivity contribution in [1.82, 2.24) is 0 Å². The zero-order chi connectivity index (χ0) is 21.5. The van der Waals surface area contributed by atoms with Gasteiger partial charge in [-0.1, -0.05) is 31.2 Å². The van der Waals surface area contributed by atoms with Gasteiger partial charge >= 0.3 is 0 Å². The molecule has 1 aliphatic rings. The van der Waals surface area contributed by atoms with Crippen molar-refractivity contribution < 1.29 is 19.4 Å². The van der Waals surface area contributed by atoms with Gasteiger partial charge < -0.3 is 20.4 Å².